The quantitative estimate of drug-likeness (QED) is 0.465. The monoisotopic (exact) mass is 331 g/mol. The van der Waals surface area contributed by atoms with Crippen molar-refractivity contribution in [3.8, 4) is 5.75 Å². The van der Waals surface area contributed by atoms with E-state index in [1.807, 2.05) is 30.3 Å². The molecule has 0 amide bonds. The van der Waals surface area contributed by atoms with Gasteiger partial charge in [-0.3, -0.25) is 0 Å². The molecule has 69 valence electrons. The molecular formula is C6H5Cl4MoO. The van der Waals surface area contributed by atoms with Gasteiger partial charge in [0.2, 0.25) is 0 Å². The van der Waals surface area contributed by atoms with E-state index in [-0.39, 0.29) is 49.6 Å². The molecule has 0 heterocycles. The molecule has 1 aromatic rings. The Morgan fingerprint density at radius 3 is 1.50 bits per heavy atom. The molecule has 0 atom stereocenters. The molecule has 0 N–H and O–H groups in total. The molecule has 1 nitrogen and oxygen atoms in total. The first-order valence-corrected chi connectivity index (χ1v) is 3.10. The van der Waals surface area contributed by atoms with Gasteiger partial charge in [0.1, 0.15) is 0 Å². The predicted molar refractivity (Wildman–Crippen MR) is 27.1 cm³/mol. The molecule has 0 bridgehead atoms. The van der Waals surface area contributed by atoms with Gasteiger partial charge >= 0.3 is 59.7 Å². The Balaban J connectivity index is -0.0000000800. The summed E-state index contributed by atoms with van der Waals surface area (Å²) in [7, 11) is 0. The molecule has 6 heteroatoms. The third-order valence-corrected chi connectivity index (χ3v) is 1.31. The molecule has 0 fully saturated rings. The van der Waals surface area contributed by atoms with Crippen LogP contribution in [-0.2, 0) is 20.2 Å². The minimum absolute atomic E-state index is 0. The van der Waals surface area contributed by atoms with Crippen molar-refractivity contribution in [2.24, 2.45) is 0 Å². The van der Waals surface area contributed by atoms with Gasteiger partial charge in [0.15, 0.2) is 0 Å². The van der Waals surface area contributed by atoms with Gasteiger partial charge in [-0.25, -0.2) is 0 Å². The Labute approximate surface area is 109 Å². The summed E-state index contributed by atoms with van der Waals surface area (Å²) >= 11 is 1.60. The van der Waals surface area contributed by atoms with Gasteiger partial charge in [-0.05, 0) is 0 Å². The topological polar surface area (TPSA) is 9.23 Å². The number of rotatable bonds is 1. The van der Waals surface area contributed by atoms with Gasteiger partial charge in [-0.2, -0.15) is 0 Å². The first kappa shape index (κ1) is 23.0. The van der Waals surface area contributed by atoms with E-state index < -0.39 is 0 Å². The Kier molecular flexibility index (Phi) is 27.6. The zero-order chi connectivity index (χ0) is 5.82. The molecule has 12 heavy (non-hydrogen) atoms. The van der Waals surface area contributed by atoms with Crippen LogP contribution in [0.15, 0.2) is 30.3 Å². The third-order valence-electron chi connectivity index (χ3n) is 0.839. The Hall–Kier alpha value is 0.868. The van der Waals surface area contributed by atoms with Crippen LogP contribution >= 0.6 is 0 Å². The van der Waals surface area contributed by atoms with Crippen molar-refractivity contribution in [2.45, 2.75) is 0 Å². The van der Waals surface area contributed by atoms with Gasteiger partial charge in [0.05, 0.1) is 0 Å². The molecule has 0 aliphatic carbocycles. The summed E-state index contributed by atoms with van der Waals surface area (Å²) in [5.74, 6) is 0.914. The van der Waals surface area contributed by atoms with Crippen molar-refractivity contribution >= 4 is 0 Å². The first-order chi connectivity index (χ1) is 3.93. The fraction of sp³-hybridized carbons (Fsp3) is 0. The number of hydrogen-bond acceptors (Lipinski definition) is 1. The second kappa shape index (κ2) is 14.4. The van der Waals surface area contributed by atoms with Crippen LogP contribution in [0.1, 0.15) is 0 Å². The number of halogens is 4. The van der Waals surface area contributed by atoms with Crippen molar-refractivity contribution in [1.82, 2.24) is 0 Å². The fourth-order valence-corrected chi connectivity index (χ4v) is 0.749. The van der Waals surface area contributed by atoms with Crippen molar-refractivity contribution in [1.29, 1.82) is 0 Å². The van der Waals surface area contributed by atoms with E-state index in [2.05, 4.69) is 0 Å². The number of benzene rings is 1. The zero-order valence-corrected chi connectivity index (χ0v) is 10.7. The van der Waals surface area contributed by atoms with E-state index in [1.54, 1.807) is 20.2 Å². The summed E-state index contributed by atoms with van der Waals surface area (Å²) < 4.78 is 4.92. The Bertz CT molecular complexity index is 161. The number of hydrogen-bond donors (Lipinski definition) is 0. The Morgan fingerprint density at radius 1 is 0.833 bits per heavy atom. The molecule has 0 saturated heterocycles. The minimum atomic E-state index is 0. The second-order valence-corrected chi connectivity index (χ2v) is 1.81. The summed E-state index contributed by atoms with van der Waals surface area (Å²) in [6.07, 6.45) is 0. The molecule has 0 saturated carbocycles. The Morgan fingerprint density at radius 2 is 1.25 bits per heavy atom. The van der Waals surface area contributed by atoms with Crippen LogP contribution in [0.3, 0.4) is 0 Å². The van der Waals surface area contributed by atoms with E-state index in [0.29, 0.717) is 0 Å². The van der Waals surface area contributed by atoms with Gasteiger partial charge < -0.3 is 49.6 Å². The van der Waals surface area contributed by atoms with Crippen molar-refractivity contribution in [2.75, 3.05) is 0 Å². The summed E-state index contributed by atoms with van der Waals surface area (Å²) in [6.45, 7) is 0. The molecule has 1 aromatic carbocycles. The second-order valence-electron chi connectivity index (χ2n) is 1.40. The van der Waals surface area contributed by atoms with Crippen LogP contribution in [0.2, 0.25) is 0 Å². The van der Waals surface area contributed by atoms with Gasteiger partial charge in [-0.1, -0.05) is 0 Å². The SMILES string of the molecule is [Cl-].[Cl-].[Cl-].[Cl-].[Mo+4][O]c1ccccc1. The van der Waals surface area contributed by atoms with Crippen molar-refractivity contribution in [3.63, 3.8) is 0 Å². The molecule has 0 aromatic heterocycles. The standard InChI is InChI=1S/C6H6O.4ClH.Mo/c7-6-4-2-1-3-5-6;;;;;/h1-5,7H;4*1H;/q;;;;;+5/p-5. The number of para-hydroxylation sites is 1. The predicted octanol–water partition coefficient (Wildman–Crippen LogP) is -10.5. The fourth-order valence-electron chi connectivity index (χ4n) is 0.476. The maximum atomic E-state index is 4.92. The van der Waals surface area contributed by atoms with Crippen LogP contribution in [-0.4, -0.2) is 0 Å². The van der Waals surface area contributed by atoms with Crippen LogP contribution < -0.4 is 53.0 Å². The molecule has 0 radical (unpaired) electrons. The maximum absolute atomic E-state index is 4.92. The molecule has 0 aliphatic heterocycles. The molecule has 0 spiro atoms. The van der Waals surface area contributed by atoms with Crippen molar-refractivity contribution in [3.05, 3.63) is 30.3 Å². The van der Waals surface area contributed by atoms with Crippen molar-refractivity contribution < 1.29 is 73.2 Å². The van der Waals surface area contributed by atoms with Gasteiger partial charge in [0, 0.05) is 0 Å². The van der Waals surface area contributed by atoms with Crippen LogP contribution in [0, 0.1) is 0 Å². The van der Waals surface area contributed by atoms with E-state index in [1.165, 1.54) is 0 Å². The molecule has 0 unspecified atom stereocenters. The molecule has 1 rings (SSSR count). The van der Waals surface area contributed by atoms with Crippen LogP contribution in [0.4, 0.5) is 0 Å². The molecule has 0 aliphatic rings. The summed E-state index contributed by atoms with van der Waals surface area (Å²) in [4.78, 5) is 0. The van der Waals surface area contributed by atoms with Crippen LogP contribution in [0.5, 0.6) is 5.75 Å². The van der Waals surface area contributed by atoms with E-state index in [9.17, 15) is 0 Å². The summed E-state index contributed by atoms with van der Waals surface area (Å²) in [5, 5.41) is 0. The van der Waals surface area contributed by atoms with E-state index >= 15 is 0 Å². The first-order valence-electron chi connectivity index (χ1n) is 2.28. The van der Waals surface area contributed by atoms with E-state index in [4.69, 9.17) is 3.39 Å². The van der Waals surface area contributed by atoms with E-state index in [0.717, 1.165) is 5.75 Å². The normalized spacial score (nSPS) is 5.83. The summed E-state index contributed by atoms with van der Waals surface area (Å²) in [5.41, 5.74) is 0. The molecular weight excluding hydrogens is 326 g/mol. The van der Waals surface area contributed by atoms with Gasteiger partial charge in [0.25, 0.3) is 0 Å². The average molecular weight is 331 g/mol. The third kappa shape index (κ3) is 8.96. The zero-order valence-electron chi connectivity index (χ0n) is 5.72. The average Bonchev–Trinajstić information content (AvgIpc) is 1.90. The summed E-state index contributed by atoms with van der Waals surface area (Å²) in [6, 6.07) is 9.69. The van der Waals surface area contributed by atoms with Crippen LogP contribution in [0.25, 0.3) is 0 Å². The van der Waals surface area contributed by atoms with Gasteiger partial charge in [-0.15, -0.1) is 0 Å².